The van der Waals surface area contributed by atoms with Crippen LogP contribution in [0.3, 0.4) is 0 Å². The third kappa shape index (κ3) is 14.9. The Morgan fingerprint density at radius 3 is 1.57 bits per heavy atom. The van der Waals surface area contributed by atoms with E-state index in [1.165, 1.54) is 76.3 Å². The number of hydrogen-bond donors (Lipinski definition) is 0. The molecule has 0 N–H and O–H groups in total. The Morgan fingerprint density at radius 2 is 1.19 bits per heavy atom. The summed E-state index contributed by atoms with van der Waals surface area (Å²) < 4.78 is 73.9. The van der Waals surface area contributed by atoms with Crippen LogP contribution in [0.1, 0.15) is 49.9 Å². The molecular weight excluding hydrogens is 733 g/mol. The zero-order chi connectivity index (χ0) is 33.7. The van der Waals surface area contributed by atoms with Crippen molar-refractivity contribution in [1.82, 2.24) is 0 Å². The van der Waals surface area contributed by atoms with Gasteiger partial charge in [-0.1, -0.05) is 85.5 Å². The molecule has 9 heteroatoms. The number of fused-ring (bicyclic) bond motifs is 3. The van der Waals surface area contributed by atoms with Crippen LogP contribution >= 0.6 is 24.8 Å². The van der Waals surface area contributed by atoms with Gasteiger partial charge < -0.3 is 0 Å². The number of rotatable bonds is 0. The standard InChI is InChI=1S/C13H9.C10H15.2C7H4F3.CH2.2ClH.Zr/c1-3-7-12-10(5-1)9-11-6-2-4-8-13(11)12;1-8-5-6-9(7-8)10(2,3)4;2*8-7(9,10)6-4-2-1-3-5-6;;;;/h1-5,7-8H,9H2;6-8H,1-4H3;2*1-2,4-5H;1H2;2*1H;/q4*-1;;;;. The molecular formula is C38H36Cl2F6Zr-4. The molecule has 0 fully saturated rings. The maximum atomic E-state index is 11.8. The van der Waals surface area contributed by atoms with Gasteiger partial charge >= 0.3 is 40.8 Å². The van der Waals surface area contributed by atoms with E-state index >= 15 is 0 Å². The SMILES string of the molecule is CC1[C-]=CC(C(C)(C)C)=C1.Cl.Cl.FC(F)(F)c1c[c-]ccc1.FC(F)(F)c1c[c-]ccc1.[CH2]=[Zr].[c-]1cccc2c1Cc1ccccc1-2. The van der Waals surface area contributed by atoms with E-state index in [4.69, 9.17) is 0 Å². The van der Waals surface area contributed by atoms with Gasteiger partial charge in [-0.05, 0) is 6.42 Å². The van der Waals surface area contributed by atoms with Gasteiger partial charge in [0, 0.05) is 0 Å². The van der Waals surface area contributed by atoms with Gasteiger partial charge in [0.1, 0.15) is 0 Å². The van der Waals surface area contributed by atoms with Crippen LogP contribution in [0, 0.1) is 35.6 Å². The smallest absolute Gasteiger partial charge is 0.0253 e. The van der Waals surface area contributed by atoms with E-state index in [0.717, 1.165) is 30.7 Å². The van der Waals surface area contributed by atoms with Gasteiger partial charge in [0.15, 0.2) is 0 Å². The molecule has 0 saturated heterocycles. The number of alkyl halides is 6. The Labute approximate surface area is 302 Å². The second kappa shape index (κ2) is 20.6. The average Bonchev–Trinajstić information content (AvgIpc) is 3.63. The van der Waals surface area contributed by atoms with Crippen molar-refractivity contribution in [2.75, 3.05) is 0 Å². The summed E-state index contributed by atoms with van der Waals surface area (Å²) in [5, 5.41) is 0. The first-order valence-electron chi connectivity index (χ1n) is 14.0. The fraction of sp³-hybridized carbons (Fsp3) is 0.237. The summed E-state index contributed by atoms with van der Waals surface area (Å²) in [5.41, 5.74) is 5.92. The molecule has 6 rings (SSSR count). The second-order valence-electron chi connectivity index (χ2n) is 10.9. The van der Waals surface area contributed by atoms with Crippen molar-refractivity contribution in [3.8, 4) is 11.1 Å². The molecule has 0 aromatic heterocycles. The molecule has 0 radical (unpaired) electrons. The van der Waals surface area contributed by atoms with Gasteiger partial charge in [-0.2, -0.15) is 128 Å². The molecule has 4 aromatic rings. The fourth-order valence-electron chi connectivity index (χ4n) is 4.19. The molecule has 252 valence electrons. The first-order valence-corrected chi connectivity index (χ1v) is 15.7. The summed E-state index contributed by atoms with van der Waals surface area (Å²) >= 11 is 1.30. The normalized spacial score (nSPS) is 13.7. The van der Waals surface area contributed by atoms with Gasteiger partial charge in [0.25, 0.3) is 0 Å². The van der Waals surface area contributed by atoms with Crippen molar-refractivity contribution in [3.05, 3.63) is 155 Å². The zero-order valence-corrected chi connectivity index (χ0v) is 30.5. The van der Waals surface area contributed by atoms with Crippen molar-refractivity contribution < 1.29 is 50.6 Å². The van der Waals surface area contributed by atoms with Crippen LogP contribution in [0.25, 0.3) is 11.1 Å². The van der Waals surface area contributed by atoms with Crippen molar-refractivity contribution in [2.24, 2.45) is 11.3 Å². The minimum absolute atomic E-state index is 0. The second-order valence-corrected chi connectivity index (χ2v) is 10.9. The van der Waals surface area contributed by atoms with Crippen molar-refractivity contribution in [2.45, 2.75) is 46.5 Å². The molecule has 4 aromatic carbocycles. The van der Waals surface area contributed by atoms with Crippen LogP contribution < -0.4 is 0 Å². The van der Waals surface area contributed by atoms with Crippen LogP contribution in [-0.4, -0.2) is 4.21 Å². The van der Waals surface area contributed by atoms with Crippen molar-refractivity contribution in [1.29, 1.82) is 0 Å². The third-order valence-corrected chi connectivity index (χ3v) is 6.48. The Morgan fingerprint density at radius 1 is 0.702 bits per heavy atom. The van der Waals surface area contributed by atoms with E-state index in [1.54, 1.807) is 0 Å². The first-order chi connectivity index (χ1) is 21.2. The van der Waals surface area contributed by atoms with Crippen LogP contribution in [0.4, 0.5) is 26.3 Å². The van der Waals surface area contributed by atoms with E-state index in [2.05, 4.69) is 105 Å². The maximum absolute atomic E-state index is 11.8. The Hall–Kier alpha value is -2.73. The Kier molecular flexibility index (Phi) is 19.4. The summed E-state index contributed by atoms with van der Waals surface area (Å²) in [7, 11) is 0. The van der Waals surface area contributed by atoms with Gasteiger partial charge in [0.05, 0.1) is 0 Å². The van der Waals surface area contributed by atoms with Crippen molar-refractivity contribution >= 4 is 29.0 Å². The molecule has 1 atom stereocenters. The van der Waals surface area contributed by atoms with E-state index in [1.807, 2.05) is 6.07 Å². The van der Waals surface area contributed by atoms with Gasteiger partial charge in [-0.3, -0.25) is 6.08 Å². The number of allylic oxidation sites excluding steroid dienone is 4. The minimum atomic E-state index is -4.24. The predicted molar refractivity (Wildman–Crippen MR) is 180 cm³/mol. The molecule has 0 aliphatic heterocycles. The molecule has 0 amide bonds. The summed E-state index contributed by atoms with van der Waals surface area (Å²) in [5.74, 6) is 0.522. The Bertz CT molecular complexity index is 1430. The molecule has 2 aliphatic carbocycles. The topological polar surface area (TPSA) is 0 Å². The molecule has 1 unspecified atom stereocenters. The molecule has 0 spiro atoms. The van der Waals surface area contributed by atoms with E-state index in [-0.39, 0.29) is 24.8 Å². The summed E-state index contributed by atoms with van der Waals surface area (Å²) in [6.45, 7) is 8.86. The third-order valence-electron chi connectivity index (χ3n) is 6.48. The Balaban J connectivity index is 0.000000586. The quantitative estimate of drug-likeness (QED) is 0.109. The molecule has 0 bridgehead atoms. The van der Waals surface area contributed by atoms with Crippen LogP contribution in [0.15, 0.2) is 109 Å². The van der Waals surface area contributed by atoms with Crippen LogP contribution in [0.2, 0.25) is 0 Å². The largest absolute Gasteiger partial charge is 0.179 e. The number of benzene rings is 4. The van der Waals surface area contributed by atoms with Crippen LogP contribution in [-0.2, 0) is 43.0 Å². The zero-order valence-electron chi connectivity index (χ0n) is 26.4. The molecule has 2 aliphatic rings. The maximum Gasteiger partial charge on any atom is -0.0253 e. The van der Waals surface area contributed by atoms with E-state index in [0.29, 0.717) is 11.3 Å². The van der Waals surface area contributed by atoms with Gasteiger partial charge in [-0.25, -0.2) is 6.08 Å². The van der Waals surface area contributed by atoms with Gasteiger partial charge in [-0.15, -0.1) is 30.4 Å². The van der Waals surface area contributed by atoms with Gasteiger partial charge in [0.2, 0.25) is 0 Å². The number of hydrogen-bond acceptors (Lipinski definition) is 0. The minimum Gasteiger partial charge on any atom is -0.179 e. The summed E-state index contributed by atoms with van der Waals surface area (Å²) in [6.07, 6.45) is 0.223. The summed E-state index contributed by atoms with van der Waals surface area (Å²) in [6, 6.07) is 32.1. The first kappa shape index (κ1) is 44.3. The molecule has 0 heterocycles. The number of halogens is 8. The summed E-state index contributed by atoms with van der Waals surface area (Å²) in [4.78, 5) is 0. The van der Waals surface area contributed by atoms with E-state index < -0.39 is 23.5 Å². The predicted octanol–water partition coefficient (Wildman–Crippen LogP) is 11.8. The molecule has 0 saturated carbocycles. The average molecular weight is 769 g/mol. The van der Waals surface area contributed by atoms with Crippen molar-refractivity contribution in [3.63, 3.8) is 0 Å². The molecule has 0 nitrogen and oxygen atoms in total. The van der Waals surface area contributed by atoms with E-state index in [9.17, 15) is 26.3 Å². The fourth-order valence-corrected chi connectivity index (χ4v) is 4.19. The molecule has 47 heavy (non-hydrogen) atoms. The van der Waals surface area contributed by atoms with Crippen LogP contribution in [0.5, 0.6) is 0 Å². The monoisotopic (exact) mass is 766 g/mol.